The summed E-state index contributed by atoms with van der Waals surface area (Å²) in [6.07, 6.45) is 1.10. The number of methoxy groups -OCH3 is 1. The van der Waals surface area contributed by atoms with Crippen molar-refractivity contribution in [2.45, 2.75) is 66.5 Å². The number of benzene rings is 1. The minimum Gasteiger partial charge on any atom is -0.465 e. The van der Waals surface area contributed by atoms with Crippen LogP contribution in [-0.4, -0.2) is 29.8 Å². The van der Waals surface area contributed by atoms with E-state index < -0.39 is 17.7 Å². The third-order valence-electron chi connectivity index (χ3n) is 4.59. The van der Waals surface area contributed by atoms with Gasteiger partial charge in [0.2, 0.25) is 0 Å². The maximum atomic E-state index is 12.7. The smallest absolute Gasteiger partial charge is 0.407 e. The summed E-state index contributed by atoms with van der Waals surface area (Å²) in [7, 11) is 1.36. The van der Waals surface area contributed by atoms with Crippen molar-refractivity contribution in [3.05, 3.63) is 52.3 Å². The second-order valence-corrected chi connectivity index (χ2v) is 8.34. The van der Waals surface area contributed by atoms with Gasteiger partial charge in [-0.1, -0.05) is 43.2 Å². The number of hydrogen-bond acceptors (Lipinski definition) is 5. The minimum atomic E-state index is -0.598. The molecule has 0 fully saturated rings. The Morgan fingerprint density at radius 1 is 1.10 bits per heavy atom. The number of nitrogens with one attached hydrogen (secondary N) is 1. The lowest BCUT2D eigenvalue weighted by Crippen LogP contribution is -2.32. The van der Waals surface area contributed by atoms with Crippen molar-refractivity contribution in [1.29, 1.82) is 0 Å². The molecule has 0 saturated heterocycles. The molecule has 2 rings (SSSR count). The zero-order chi connectivity index (χ0) is 22.5. The van der Waals surface area contributed by atoms with Crippen molar-refractivity contribution >= 4 is 12.1 Å². The molecule has 1 aromatic carbocycles. The van der Waals surface area contributed by atoms with E-state index in [1.165, 1.54) is 7.11 Å². The van der Waals surface area contributed by atoms with E-state index in [-0.39, 0.29) is 6.54 Å². The van der Waals surface area contributed by atoms with E-state index in [0.717, 1.165) is 40.8 Å². The topological polar surface area (TPSA) is 77.5 Å². The Kier molecular flexibility index (Phi) is 7.59. The summed E-state index contributed by atoms with van der Waals surface area (Å²) in [4.78, 5) is 29.7. The first-order chi connectivity index (χ1) is 14.1. The highest BCUT2D eigenvalue weighted by Crippen LogP contribution is 2.33. The molecule has 0 saturated carbocycles. The van der Waals surface area contributed by atoms with Crippen LogP contribution in [-0.2, 0) is 22.4 Å². The molecule has 1 amide bonds. The normalized spacial score (nSPS) is 11.2. The van der Waals surface area contributed by atoms with Crippen LogP contribution in [0.5, 0.6) is 0 Å². The number of esters is 1. The van der Waals surface area contributed by atoms with Gasteiger partial charge in [0.15, 0.2) is 0 Å². The zero-order valence-corrected chi connectivity index (χ0v) is 19.0. The quantitative estimate of drug-likeness (QED) is 0.666. The lowest BCUT2D eigenvalue weighted by atomic mass is 9.90. The monoisotopic (exact) mass is 412 g/mol. The van der Waals surface area contributed by atoms with Crippen LogP contribution in [0.4, 0.5) is 4.79 Å². The Labute approximate surface area is 179 Å². The van der Waals surface area contributed by atoms with Crippen molar-refractivity contribution in [2.75, 3.05) is 7.11 Å². The van der Waals surface area contributed by atoms with Crippen LogP contribution >= 0.6 is 0 Å². The SMILES string of the molecule is CCCc1nc(C)c(C(=O)OC)c(-c2ccc(C)cc2)c1CNC(=O)OC(C)(C)C. The van der Waals surface area contributed by atoms with E-state index in [1.54, 1.807) is 0 Å². The number of carbonyl (C=O) groups is 2. The average molecular weight is 413 g/mol. The summed E-state index contributed by atoms with van der Waals surface area (Å²) in [5.74, 6) is -0.447. The Morgan fingerprint density at radius 2 is 1.73 bits per heavy atom. The summed E-state index contributed by atoms with van der Waals surface area (Å²) in [6, 6.07) is 7.94. The molecule has 1 N–H and O–H groups in total. The van der Waals surface area contributed by atoms with Crippen LogP contribution < -0.4 is 5.32 Å². The average Bonchev–Trinajstić information content (AvgIpc) is 2.65. The van der Waals surface area contributed by atoms with E-state index in [9.17, 15) is 9.59 Å². The highest BCUT2D eigenvalue weighted by Gasteiger charge is 2.25. The number of alkyl carbamates (subject to hydrolysis) is 1. The van der Waals surface area contributed by atoms with E-state index in [2.05, 4.69) is 12.2 Å². The summed E-state index contributed by atoms with van der Waals surface area (Å²) < 4.78 is 10.4. The fourth-order valence-electron chi connectivity index (χ4n) is 3.30. The molecule has 0 aliphatic rings. The number of aryl methyl sites for hydroxylation is 3. The zero-order valence-electron chi connectivity index (χ0n) is 19.0. The standard InChI is InChI=1S/C24H32N2O4/c1-8-9-19-18(14-25-23(28)30-24(4,5)6)21(17-12-10-15(2)11-13-17)20(16(3)26-19)22(27)29-7/h10-13H,8-9,14H2,1-7H3,(H,25,28). The van der Waals surface area contributed by atoms with Gasteiger partial charge in [-0.15, -0.1) is 0 Å². The maximum absolute atomic E-state index is 12.7. The van der Waals surface area contributed by atoms with Crippen molar-refractivity contribution < 1.29 is 19.1 Å². The molecular weight excluding hydrogens is 380 g/mol. The van der Waals surface area contributed by atoms with Gasteiger partial charge in [-0.3, -0.25) is 4.98 Å². The second-order valence-electron chi connectivity index (χ2n) is 8.34. The first kappa shape index (κ1) is 23.4. The molecule has 0 atom stereocenters. The van der Waals surface area contributed by atoms with Crippen LogP contribution in [0.2, 0.25) is 0 Å². The van der Waals surface area contributed by atoms with Crippen molar-refractivity contribution in [3.8, 4) is 11.1 Å². The van der Waals surface area contributed by atoms with E-state index in [4.69, 9.17) is 14.5 Å². The number of rotatable bonds is 6. The van der Waals surface area contributed by atoms with Gasteiger partial charge in [0.05, 0.1) is 18.4 Å². The van der Waals surface area contributed by atoms with Gasteiger partial charge in [-0.2, -0.15) is 0 Å². The Bertz CT molecular complexity index is 912. The van der Waals surface area contributed by atoms with Gasteiger partial charge in [0.1, 0.15) is 5.60 Å². The van der Waals surface area contributed by atoms with Crippen LogP contribution in [0, 0.1) is 13.8 Å². The van der Waals surface area contributed by atoms with Crippen molar-refractivity contribution in [1.82, 2.24) is 10.3 Å². The molecule has 0 aliphatic carbocycles. The summed E-state index contributed by atoms with van der Waals surface area (Å²) in [5.41, 5.74) is 4.83. The van der Waals surface area contributed by atoms with Gasteiger partial charge in [-0.05, 0) is 46.6 Å². The molecule has 0 radical (unpaired) electrons. The number of hydrogen-bond donors (Lipinski definition) is 1. The molecule has 0 spiro atoms. The highest BCUT2D eigenvalue weighted by molar-refractivity contribution is 5.99. The fraction of sp³-hybridized carbons (Fsp3) is 0.458. The molecule has 1 aromatic heterocycles. The van der Waals surface area contributed by atoms with Crippen LogP contribution in [0.25, 0.3) is 11.1 Å². The summed E-state index contributed by atoms with van der Waals surface area (Å²) in [6.45, 7) is 11.5. The van der Waals surface area contributed by atoms with Crippen LogP contribution in [0.1, 0.15) is 67.0 Å². The summed E-state index contributed by atoms with van der Waals surface area (Å²) in [5, 5.41) is 2.83. The first-order valence-corrected chi connectivity index (χ1v) is 10.2. The molecule has 1 heterocycles. The molecule has 2 aromatic rings. The third-order valence-corrected chi connectivity index (χ3v) is 4.59. The van der Waals surface area contributed by atoms with Gasteiger partial charge in [0.25, 0.3) is 0 Å². The predicted molar refractivity (Wildman–Crippen MR) is 118 cm³/mol. The van der Waals surface area contributed by atoms with Crippen molar-refractivity contribution in [3.63, 3.8) is 0 Å². The second kappa shape index (κ2) is 9.74. The fourth-order valence-corrected chi connectivity index (χ4v) is 3.30. The lowest BCUT2D eigenvalue weighted by Gasteiger charge is -2.22. The molecule has 30 heavy (non-hydrogen) atoms. The van der Waals surface area contributed by atoms with Gasteiger partial charge >= 0.3 is 12.1 Å². The highest BCUT2D eigenvalue weighted by atomic mass is 16.6. The Morgan fingerprint density at radius 3 is 2.27 bits per heavy atom. The third kappa shape index (κ3) is 5.81. The van der Waals surface area contributed by atoms with Gasteiger partial charge in [0, 0.05) is 23.4 Å². The molecule has 162 valence electrons. The number of nitrogens with zero attached hydrogens (tertiary/aromatic N) is 1. The number of aromatic nitrogens is 1. The van der Waals surface area contributed by atoms with Crippen molar-refractivity contribution in [2.24, 2.45) is 0 Å². The largest absolute Gasteiger partial charge is 0.465 e. The maximum Gasteiger partial charge on any atom is 0.407 e. The first-order valence-electron chi connectivity index (χ1n) is 10.2. The van der Waals surface area contributed by atoms with E-state index >= 15 is 0 Å². The van der Waals surface area contributed by atoms with Crippen LogP contribution in [0.15, 0.2) is 24.3 Å². The Balaban J connectivity index is 2.64. The number of pyridine rings is 1. The van der Waals surface area contributed by atoms with Gasteiger partial charge in [-0.25, -0.2) is 9.59 Å². The minimum absolute atomic E-state index is 0.199. The van der Waals surface area contributed by atoms with E-state index in [1.807, 2.05) is 58.9 Å². The molecule has 6 heteroatoms. The molecular formula is C24H32N2O4. The summed E-state index contributed by atoms with van der Waals surface area (Å²) >= 11 is 0. The number of amides is 1. The molecule has 6 nitrogen and oxygen atoms in total. The van der Waals surface area contributed by atoms with Crippen LogP contribution in [0.3, 0.4) is 0 Å². The lowest BCUT2D eigenvalue weighted by molar-refractivity contribution is 0.0523. The molecule has 0 unspecified atom stereocenters. The van der Waals surface area contributed by atoms with E-state index in [0.29, 0.717) is 11.3 Å². The Hall–Kier alpha value is -2.89. The molecule has 0 bridgehead atoms. The number of ether oxygens (including phenoxy) is 2. The predicted octanol–water partition coefficient (Wildman–Crippen LogP) is 5.13. The molecule has 0 aliphatic heterocycles. The van der Waals surface area contributed by atoms with Gasteiger partial charge < -0.3 is 14.8 Å². The number of carbonyl (C=O) groups excluding carboxylic acids is 2.